The molecule has 0 aromatic heterocycles. The minimum Gasteiger partial charge on any atom is -0.497 e. The molecule has 0 spiro atoms. The smallest absolute Gasteiger partial charge is 0.298 e. The van der Waals surface area contributed by atoms with Crippen molar-refractivity contribution in [3.8, 4) is 45.6 Å². The summed E-state index contributed by atoms with van der Waals surface area (Å²) in [6.07, 6.45) is 1.43. The quantitative estimate of drug-likeness (QED) is 0.0192. The Hall–Kier alpha value is -7.79. The lowest BCUT2D eigenvalue weighted by molar-refractivity contribution is -0.432. The van der Waals surface area contributed by atoms with Gasteiger partial charge in [-0.25, -0.2) is 13.7 Å². The summed E-state index contributed by atoms with van der Waals surface area (Å²) in [7, 11) is -14.3. The van der Waals surface area contributed by atoms with Crippen molar-refractivity contribution in [1.29, 1.82) is 0 Å². The van der Waals surface area contributed by atoms with Gasteiger partial charge in [0.2, 0.25) is 9.84 Å². The van der Waals surface area contributed by atoms with Crippen molar-refractivity contribution in [2.24, 2.45) is 0 Å². The first-order valence-electron chi connectivity index (χ1n) is 22.9. The number of hydrogen-bond acceptors (Lipinski definition) is 18. The van der Waals surface area contributed by atoms with E-state index in [9.17, 15) is 47.8 Å². The number of methoxy groups -OCH3 is 1. The van der Waals surface area contributed by atoms with Crippen LogP contribution in [0.2, 0.25) is 0 Å². The number of aryl methyl sites for hydroxylation is 1. The highest BCUT2D eigenvalue weighted by atomic mass is 32.2. The topological polar surface area (TPSA) is 307 Å². The van der Waals surface area contributed by atoms with Crippen LogP contribution in [0.15, 0.2) is 202 Å². The molecule has 0 saturated carbocycles. The Balaban J connectivity index is 0.000000948. The van der Waals surface area contributed by atoms with Gasteiger partial charge in [-0.2, -0.15) is 25.3 Å². The second-order valence-corrected chi connectivity index (χ2v) is 23.9. The fourth-order valence-corrected chi connectivity index (χ4v) is 9.47. The van der Waals surface area contributed by atoms with Crippen LogP contribution >= 0.6 is 12.0 Å². The van der Waals surface area contributed by atoms with Crippen LogP contribution in [-0.2, 0) is 56.2 Å². The molecule has 0 atom stereocenters. The highest BCUT2D eigenvalue weighted by Crippen LogP contribution is 2.34. The summed E-state index contributed by atoms with van der Waals surface area (Å²) in [5.74, 6) is 1.17. The van der Waals surface area contributed by atoms with E-state index in [1.54, 1.807) is 122 Å². The number of carbonyl (C=O) groups excluding carboxylic acids is 2. The standard InChI is InChI=1S/C53H40O14S3.2CH4O3S/c1-34-3-26-47(27-4-34)69(57,58)48-28-24-45(25-29-48)64-44-22-13-38(14-23-44)52(54)37-11-18-43(19-12-37)63-33-41-6-5-39(31-50(41)68-67-66-56)53(55)40-15-30-49(51(32-40)70(59,60)61)65-46-20-9-36(10-21-46)35-7-16-42(62-2)17-8-35;2*1-5(2,3)4/h3-32,56H,33H2,1-2H3,(H,59,60,61);2*1H3,(H,2,3,4). The second-order valence-electron chi connectivity index (χ2n) is 16.9. The number of sulfone groups is 1. The van der Waals surface area contributed by atoms with Crippen molar-refractivity contribution in [2.45, 2.75) is 33.1 Å². The van der Waals surface area contributed by atoms with E-state index in [0.29, 0.717) is 69.1 Å². The zero-order valence-electron chi connectivity index (χ0n) is 42.4. The lowest BCUT2D eigenvalue weighted by atomic mass is 10.0. The number of rotatable bonds is 19. The van der Waals surface area contributed by atoms with Crippen molar-refractivity contribution in [3.05, 3.63) is 215 Å². The first-order valence-corrected chi connectivity index (χ1v) is 30.2. The van der Waals surface area contributed by atoms with Crippen molar-refractivity contribution in [3.63, 3.8) is 0 Å². The largest absolute Gasteiger partial charge is 0.497 e. The third-order valence-corrected chi connectivity index (χ3v) is 14.2. The van der Waals surface area contributed by atoms with E-state index in [0.717, 1.165) is 22.8 Å². The van der Waals surface area contributed by atoms with Crippen LogP contribution in [0.1, 0.15) is 43.0 Å². The predicted octanol–water partition coefficient (Wildman–Crippen LogP) is 10.8. The zero-order valence-corrected chi connectivity index (χ0v) is 46.5. The summed E-state index contributed by atoms with van der Waals surface area (Å²) >= 11 is 0.586. The van der Waals surface area contributed by atoms with E-state index in [-0.39, 0.29) is 44.8 Å². The maximum atomic E-state index is 13.7. The van der Waals surface area contributed by atoms with E-state index >= 15 is 0 Å². The fraction of sp³-hybridized carbons (Fsp3) is 0.0909. The van der Waals surface area contributed by atoms with Gasteiger partial charge in [-0.15, -0.1) is 4.33 Å². The van der Waals surface area contributed by atoms with Gasteiger partial charge in [-0.1, -0.05) is 59.1 Å². The van der Waals surface area contributed by atoms with Crippen LogP contribution in [0.25, 0.3) is 11.1 Å². The Morgan fingerprint density at radius 1 is 0.487 bits per heavy atom. The van der Waals surface area contributed by atoms with E-state index in [1.807, 2.05) is 31.2 Å². The SMILES string of the molecule is COc1ccc(-c2ccc(Oc3ccc(C(=O)c4ccc(COc5ccc(C(=O)c6ccc(Oc7ccc(S(=O)(=O)c8ccc(C)cc8)cc7)cc6)cc5)c(SOOO)c4)cc3S(=O)(=O)O)cc2)cc1.CS(=O)(=O)O.CS(=O)(=O)O. The van der Waals surface area contributed by atoms with Gasteiger partial charge in [0.05, 0.1) is 41.5 Å². The van der Waals surface area contributed by atoms with E-state index in [1.165, 1.54) is 36.4 Å². The molecule has 0 aliphatic heterocycles. The van der Waals surface area contributed by atoms with Crippen molar-refractivity contribution >= 4 is 63.8 Å². The Morgan fingerprint density at radius 3 is 1.38 bits per heavy atom. The number of benzene rings is 8. The van der Waals surface area contributed by atoms with Gasteiger partial charge in [-0.05, 0) is 152 Å². The van der Waals surface area contributed by atoms with Crippen LogP contribution in [0.5, 0.6) is 34.5 Å². The third-order valence-electron chi connectivity index (χ3n) is 10.8. The Morgan fingerprint density at radius 2 is 0.887 bits per heavy atom. The third kappa shape index (κ3) is 18.4. The minimum atomic E-state index is -4.87. The molecular weight excluding hydrogens is 1140 g/mol. The zero-order chi connectivity index (χ0) is 58.4. The average molecular weight is 1190 g/mol. The minimum absolute atomic E-state index is 0.0500. The molecule has 8 rings (SSSR count). The molecule has 0 saturated heterocycles. The van der Waals surface area contributed by atoms with Gasteiger partial charge in [0, 0.05) is 32.7 Å². The van der Waals surface area contributed by atoms with Gasteiger partial charge < -0.3 is 18.9 Å². The van der Waals surface area contributed by atoms with Crippen LogP contribution in [0, 0.1) is 6.92 Å². The van der Waals surface area contributed by atoms with Crippen LogP contribution in [-0.4, -0.2) is 83.8 Å². The van der Waals surface area contributed by atoms with E-state index in [4.69, 9.17) is 33.3 Å². The summed E-state index contributed by atoms with van der Waals surface area (Å²) in [5, 5.41) is 12.7. The predicted molar refractivity (Wildman–Crippen MR) is 294 cm³/mol. The molecule has 0 aliphatic rings. The van der Waals surface area contributed by atoms with E-state index in [2.05, 4.69) is 9.37 Å². The van der Waals surface area contributed by atoms with Crippen molar-refractivity contribution in [2.75, 3.05) is 19.6 Å². The first-order chi connectivity index (χ1) is 37.7. The van der Waals surface area contributed by atoms with Crippen molar-refractivity contribution in [1.82, 2.24) is 0 Å². The molecule has 0 heterocycles. The molecule has 418 valence electrons. The lowest BCUT2D eigenvalue weighted by Crippen LogP contribution is -2.07. The summed E-state index contributed by atoms with van der Waals surface area (Å²) in [6, 6.07) is 48.1. The maximum Gasteiger partial charge on any atom is 0.298 e. The summed E-state index contributed by atoms with van der Waals surface area (Å²) < 4.78 is 141. The molecule has 0 bridgehead atoms. The van der Waals surface area contributed by atoms with Gasteiger partial charge in [0.1, 0.15) is 46.0 Å². The van der Waals surface area contributed by atoms with Gasteiger partial charge in [0.25, 0.3) is 30.4 Å². The summed E-state index contributed by atoms with van der Waals surface area (Å²) in [4.78, 5) is 27.1. The van der Waals surface area contributed by atoms with Gasteiger partial charge in [0.15, 0.2) is 11.6 Å². The first kappa shape index (κ1) is 61.4. The molecule has 20 nitrogen and oxygen atoms in total. The molecule has 4 N–H and O–H groups in total. The number of hydrogen-bond donors (Lipinski definition) is 4. The summed E-state index contributed by atoms with van der Waals surface area (Å²) in [5.41, 5.74) is 4.04. The normalized spacial score (nSPS) is 11.4. The molecule has 0 radical (unpaired) electrons. The molecule has 80 heavy (non-hydrogen) atoms. The average Bonchev–Trinajstić information content (AvgIpc) is 3.41. The highest BCUT2D eigenvalue weighted by Gasteiger charge is 2.23. The van der Waals surface area contributed by atoms with E-state index < -0.39 is 50.9 Å². The molecular formula is C55H48O20S5. The van der Waals surface area contributed by atoms with Crippen LogP contribution in [0.4, 0.5) is 0 Å². The monoisotopic (exact) mass is 1190 g/mol. The number of ketones is 2. The molecule has 8 aromatic carbocycles. The Labute approximate surface area is 465 Å². The molecule has 0 fully saturated rings. The Kier molecular flexibility index (Phi) is 20.7. The number of carbonyl (C=O) groups is 2. The van der Waals surface area contributed by atoms with Gasteiger partial charge in [-0.3, -0.25) is 23.2 Å². The fourth-order valence-electron chi connectivity index (χ4n) is 7.05. The number of ether oxygens (including phenoxy) is 4. The molecule has 0 aliphatic carbocycles. The van der Waals surface area contributed by atoms with Gasteiger partial charge >= 0.3 is 0 Å². The second kappa shape index (κ2) is 26.9. The van der Waals surface area contributed by atoms with Crippen molar-refractivity contribution < 1.29 is 90.5 Å². The summed E-state index contributed by atoms with van der Waals surface area (Å²) in [6.45, 7) is 1.83. The molecule has 0 amide bonds. The lowest BCUT2D eigenvalue weighted by Gasteiger charge is -2.13. The molecule has 0 unspecified atom stereocenters. The molecule has 25 heteroatoms. The maximum absolute atomic E-state index is 13.7. The van der Waals surface area contributed by atoms with Crippen LogP contribution in [0.3, 0.4) is 0 Å². The Bertz CT molecular complexity index is 3870. The highest BCUT2D eigenvalue weighted by molar-refractivity contribution is 7.94. The van der Waals surface area contributed by atoms with Crippen LogP contribution < -0.4 is 18.9 Å². The molecule has 8 aromatic rings.